The number of aliphatic hydroxyl groups excluding tert-OH is 2. The van der Waals surface area contributed by atoms with Crippen LogP contribution in [-0.2, 0) is 4.79 Å². The number of aldehydes is 1. The zero-order valence-electron chi connectivity index (χ0n) is 6.16. The maximum absolute atomic E-state index is 9.84. The van der Waals surface area contributed by atoms with Crippen LogP contribution in [0.3, 0.4) is 0 Å². The highest BCUT2D eigenvalue weighted by Crippen LogP contribution is 2.03. The molecule has 0 saturated heterocycles. The first-order valence-electron chi connectivity index (χ1n) is 3.50. The van der Waals surface area contributed by atoms with Crippen molar-refractivity contribution in [1.29, 1.82) is 0 Å². The molecule has 0 spiro atoms. The van der Waals surface area contributed by atoms with Crippen molar-refractivity contribution in [3.63, 3.8) is 0 Å². The van der Waals surface area contributed by atoms with Crippen molar-refractivity contribution >= 4 is 6.29 Å². The molecule has 0 aliphatic rings. The summed E-state index contributed by atoms with van der Waals surface area (Å²) >= 11 is 0. The average molecular weight is 146 g/mol. The third-order valence-electron chi connectivity index (χ3n) is 1.38. The van der Waals surface area contributed by atoms with Crippen LogP contribution < -0.4 is 0 Å². The van der Waals surface area contributed by atoms with Crippen molar-refractivity contribution in [1.82, 2.24) is 0 Å². The van der Waals surface area contributed by atoms with Gasteiger partial charge >= 0.3 is 0 Å². The molecule has 0 aromatic heterocycles. The molecule has 0 aliphatic carbocycles. The van der Waals surface area contributed by atoms with Gasteiger partial charge in [0.1, 0.15) is 6.29 Å². The second kappa shape index (κ2) is 5.38. The number of hydrogen-bond acceptors (Lipinski definition) is 3. The first-order chi connectivity index (χ1) is 4.70. The number of rotatable bonds is 5. The molecule has 0 bridgehead atoms. The van der Waals surface area contributed by atoms with E-state index in [0.29, 0.717) is 19.1 Å². The number of aliphatic hydroxyl groups is 2. The van der Waals surface area contributed by atoms with E-state index in [9.17, 15) is 4.79 Å². The minimum Gasteiger partial charge on any atom is -0.393 e. The molecule has 0 aromatic rings. The topological polar surface area (TPSA) is 57.5 Å². The van der Waals surface area contributed by atoms with Crippen LogP contribution in [0.25, 0.3) is 0 Å². The summed E-state index contributed by atoms with van der Waals surface area (Å²) in [5, 5.41) is 17.9. The Labute approximate surface area is 60.7 Å². The van der Waals surface area contributed by atoms with Gasteiger partial charge in [-0.1, -0.05) is 6.92 Å². The van der Waals surface area contributed by atoms with Crippen LogP contribution in [0.2, 0.25) is 0 Å². The molecule has 2 atom stereocenters. The molecule has 2 N–H and O–H groups in total. The van der Waals surface area contributed by atoms with Crippen molar-refractivity contribution in [3.05, 3.63) is 0 Å². The maximum Gasteiger partial charge on any atom is 0.122 e. The lowest BCUT2D eigenvalue weighted by Gasteiger charge is -2.10. The Morgan fingerprint density at radius 3 is 2.40 bits per heavy atom. The molecule has 10 heavy (non-hydrogen) atoms. The van der Waals surface area contributed by atoms with E-state index in [1.54, 1.807) is 0 Å². The SMILES string of the molecule is CC[C@@H](O)C[C@@H](O)CC=O. The average Bonchev–Trinajstić information content (AvgIpc) is 1.88. The van der Waals surface area contributed by atoms with E-state index >= 15 is 0 Å². The Morgan fingerprint density at radius 1 is 1.40 bits per heavy atom. The van der Waals surface area contributed by atoms with E-state index in [0.717, 1.165) is 0 Å². The summed E-state index contributed by atoms with van der Waals surface area (Å²) in [4.78, 5) is 9.84. The van der Waals surface area contributed by atoms with Crippen LogP contribution in [0, 0.1) is 0 Å². The molecule has 0 saturated carbocycles. The van der Waals surface area contributed by atoms with Gasteiger partial charge in [-0.05, 0) is 12.8 Å². The summed E-state index contributed by atoms with van der Waals surface area (Å²) in [5.41, 5.74) is 0. The fourth-order valence-electron chi connectivity index (χ4n) is 0.688. The van der Waals surface area contributed by atoms with Crippen molar-refractivity contribution in [2.45, 2.75) is 38.4 Å². The highest BCUT2D eigenvalue weighted by atomic mass is 16.3. The van der Waals surface area contributed by atoms with Crippen LogP contribution in [0.5, 0.6) is 0 Å². The summed E-state index contributed by atoms with van der Waals surface area (Å²) < 4.78 is 0. The third-order valence-corrected chi connectivity index (χ3v) is 1.38. The Bertz CT molecular complexity index is 92.9. The highest BCUT2D eigenvalue weighted by molar-refractivity contribution is 5.49. The predicted molar refractivity (Wildman–Crippen MR) is 37.6 cm³/mol. The van der Waals surface area contributed by atoms with Crippen LogP contribution >= 0.6 is 0 Å². The fraction of sp³-hybridized carbons (Fsp3) is 0.857. The Hall–Kier alpha value is -0.410. The van der Waals surface area contributed by atoms with Crippen molar-refractivity contribution in [2.75, 3.05) is 0 Å². The Kier molecular flexibility index (Phi) is 5.16. The quantitative estimate of drug-likeness (QED) is 0.541. The molecule has 60 valence electrons. The van der Waals surface area contributed by atoms with Gasteiger partial charge in [-0.25, -0.2) is 0 Å². The number of carbonyl (C=O) groups is 1. The van der Waals surface area contributed by atoms with Crippen molar-refractivity contribution < 1.29 is 15.0 Å². The Morgan fingerprint density at radius 2 is 2.00 bits per heavy atom. The second-order valence-corrected chi connectivity index (χ2v) is 2.35. The van der Waals surface area contributed by atoms with Crippen LogP contribution in [-0.4, -0.2) is 28.7 Å². The van der Waals surface area contributed by atoms with Gasteiger partial charge < -0.3 is 15.0 Å². The standard InChI is InChI=1S/C7H14O3/c1-2-6(9)5-7(10)3-4-8/h4,6-7,9-10H,2-3,5H2,1H3/t6-,7+/m1/s1. The van der Waals surface area contributed by atoms with Gasteiger partial charge in [0.25, 0.3) is 0 Å². The molecule has 0 fully saturated rings. The molecule has 0 radical (unpaired) electrons. The van der Waals surface area contributed by atoms with Crippen LogP contribution in [0.15, 0.2) is 0 Å². The minimum atomic E-state index is -0.674. The van der Waals surface area contributed by atoms with Crippen LogP contribution in [0.4, 0.5) is 0 Å². The maximum atomic E-state index is 9.84. The lowest BCUT2D eigenvalue weighted by Crippen LogP contribution is -2.16. The smallest absolute Gasteiger partial charge is 0.122 e. The van der Waals surface area contributed by atoms with Gasteiger partial charge in [0, 0.05) is 6.42 Å². The molecule has 0 rings (SSSR count). The molecular weight excluding hydrogens is 132 g/mol. The third kappa shape index (κ3) is 4.47. The van der Waals surface area contributed by atoms with E-state index in [2.05, 4.69) is 0 Å². The molecular formula is C7H14O3. The molecule has 0 aliphatic heterocycles. The summed E-state index contributed by atoms with van der Waals surface area (Å²) in [6.07, 6.45) is 0.553. The van der Waals surface area contributed by atoms with E-state index in [4.69, 9.17) is 10.2 Å². The van der Waals surface area contributed by atoms with Gasteiger partial charge in [-0.15, -0.1) is 0 Å². The van der Waals surface area contributed by atoms with Gasteiger partial charge in [0.15, 0.2) is 0 Å². The second-order valence-electron chi connectivity index (χ2n) is 2.35. The van der Waals surface area contributed by atoms with E-state index in [-0.39, 0.29) is 6.42 Å². The molecule has 0 unspecified atom stereocenters. The minimum absolute atomic E-state index is 0.122. The highest BCUT2D eigenvalue weighted by Gasteiger charge is 2.08. The van der Waals surface area contributed by atoms with Gasteiger partial charge in [-0.3, -0.25) is 0 Å². The van der Waals surface area contributed by atoms with Crippen molar-refractivity contribution in [2.24, 2.45) is 0 Å². The monoisotopic (exact) mass is 146 g/mol. The zero-order valence-corrected chi connectivity index (χ0v) is 6.16. The predicted octanol–water partition coefficient (Wildman–Crippen LogP) is 0.0973. The summed E-state index contributed by atoms with van der Waals surface area (Å²) in [7, 11) is 0. The summed E-state index contributed by atoms with van der Waals surface area (Å²) in [6, 6.07) is 0. The molecule has 0 heterocycles. The molecule has 0 aromatic carbocycles. The van der Waals surface area contributed by atoms with Gasteiger partial charge in [0.05, 0.1) is 12.2 Å². The normalized spacial score (nSPS) is 16.3. The van der Waals surface area contributed by atoms with E-state index in [1.165, 1.54) is 0 Å². The van der Waals surface area contributed by atoms with Crippen molar-refractivity contribution in [3.8, 4) is 0 Å². The molecule has 3 nitrogen and oxygen atoms in total. The summed E-state index contributed by atoms with van der Waals surface area (Å²) in [6.45, 7) is 1.83. The first-order valence-corrected chi connectivity index (χ1v) is 3.50. The van der Waals surface area contributed by atoms with E-state index < -0.39 is 12.2 Å². The lowest BCUT2D eigenvalue weighted by molar-refractivity contribution is -0.109. The van der Waals surface area contributed by atoms with Gasteiger partial charge in [-0.2, -0.15) is 0 Å². The largest absolute Gasteiger partial charge is 0.393 e. The number of hydrogen-bond donors (Lipinski definition) is 2. The fourth-order valence-corrected chi connectivity index (χ4v) is 0.688. The molecule has 0 amide bonds. The summed E-state index contributed by atoms with van der Waals surface area (Å²) in [5.74, 6) is 0. The zero-order chi connectivity index (χ0) is 7.98. The first kappa shape index (κ1) is 9.59. The number of carbonyl (C=O) groups excluding carboxylic acids is 1. The lowest BCUT2D eigenvalue weighted by atomic mass is 10.1. The van der Waals surface area contributed by atoms with E-state index in [1.807, 2.05) is 6.92 Å². The van der Waals surface area contributed by atoms with Crippen LogP contribution in [0.1, 0.15) is 26.2 Å². The molecule has 3 heteroatoms. The Balaban J connectivity index is 3.35. The van der Waals surface area contributed by atoms with Gasteiger partial charge in [0.2, 0.25) is 0 Å².